The van der Waals surface area contributed by atoms with E-state index in [-0.39, 0.29) is 0 Å². The van der Waals surface area contributed by atoms with Crippen LogP contribution in [0, 0.1) is 0 Å². The second-order valence-corrected chi connectivity index (χ2v) is 24.4. The van der Waals surface area contributed by atoms with Gasteiger partial charge in [0.05, 0.1) is 16.9 Å². The van der Waals surface area contributed by atoms with Crippen molar-refractivity contribution in [2.45, 2.75) is 42.5 Å². The van der Waals surface area contributed by atoms with E-state index in [1.54, 1.807) is 0 Å². The quantitative estimate of drug-likeness (QED) is 0.147. The first-order valence-corrected chi connectivity index (χ1v) is 27.2. The van der Waals surface area contributed by atoms with Gasteiger partial charge in [0, 0.05) is 57.4 Å². The van der Waals surface area contributed by atoms with Gasteiger partial charge >= 0.3 is 0 Å². The molecule has 1 aromatic heterocycles. The molecule has 2 aliphatic rings. The zero-order chi connectivity index (χ0) is 42.8. The topological polar surface area (TPSA) is 8.17 Å². The molecule has 0 saturated carbocycles. The highest BCUT2D eigenvalue weighted by Gasteiger charge is 2.37. The van der Waals surface area contributed by atoms with E-state index in [0.29, 0.717) is 0 Å². The smallest absolute Gasteiger partial charge is 0.115 e. The van der Waals surface area contributed by atoms with Crippen LogP contribution in [0.4, 0.5) is 17.1 Å². The van der Waals surface area contributed by atoms with Crippen molar-refractivity contribution in [1.29, 1.82) is 0 Å². The number of anilines is 3. The van der Waals surface area contributed by atoms with Crippen LogP contribution in [0.2, 0.25) is 13.1 Å². The first-order valence-electron chi connectivity index (χ1n) is 21.8. The third kappa shape index (κ3) is 6.59. The molecular formula is C58H42N2S3Si. The van der Waals surface area contributed by atoms with Gasteiger partial charge in [-0.1, -0.05) is 194 Å². The van der Waals surface area contributed by atoms with E-state index in [0.717, 1.165) is 17.1 Å². The highest BCUT2D eigenvalue weighted by molar-refractivity contribution is 8.05. The average Bonchev–Trinajstić information content (AvgIpc) is 3.69. The van der Waals surface area contributed by atoms with Crippen molar-refractivity contribution >= 4 is 81.7 Å². The number of hydrogen-bond acceptors (Lipinski definition) is 4. The molecule has 2 nitrogen and oxygen atoms in total. The fraction of sp³-hybridized carbons (Fsp3) is 0.0345. The van der Waals surface area contributed by atoms with Crippen LogP contribution in [-0.2, 0) is 0 Å². The first-order chi connectivity index (χ1) is 31.5. The molecule has 0 spiro atoms. The van der Waals surface area contributed by atoms with Gasteiger partial charge in [-0.05, 0) is 105 Å². The van der Waals surface area contributed by atoms with Gasteiger partial charge in [-0.3, -0.25) is 0 Å². The van der Waals surface area contributed by atoms with Gasteiger partial charge in [0.25, 0.3) is 0 Å². The number of rotatable bonds is 7. The van der Waals surface area contributed by atoms with Crippen LogP contribution in [-0.4, -0.2) is 12.6 Å². The van der Waals surface area contributed by atoms with E-state index >= 15 is 0 Å². The molecule has 0 aliphatic carbocycles. The van der Waals surface area contributed by atoms with Crippen molar-refractivity contribution in [2.75, 3.05) is 4.90 Å². The van der Waals surface area contributed by atoms with Gasteiger partial charge in [0.15, 0.2) is 0 Å². The van der Waals surface area contributed by atoms with Crippen LogP contribution in [0.5, 0.6) is 0 Å². The number of nitrogens with zero attached hydrogens (tertiary/aromatic N) is 2. The van der Waals surface area contributed by atoms with E-state index < -0.39 is 8.07 Å². The summed E-state index contributed by atoms with van der Waals surface area (Å²) in [5.41, 5.74) is 13.0. The molecule has 0 amide bonds. The first kappa shape index (κ1) is 39.2. The number of aromatic nitrogens is 1. The largest absolute Gasteiger partial charge is 0.309 e. The third-order valence-electron chi connectivity index (χ3n) is 12.7. The van der Waals surface area contributed by atoms with Crippen molar-refractivity contribution in [2.24, 2.45) is 0 Å². The highest BCUT2D eigenvalue weighted by Crippen LogP contribution is 2.53. The molecule has 2 aliphatic heterocycles. The van der Waals surface area contributed by atoms with Crippen LogP contribution in [0.25, 0.3) is 50.1 Å². The van der Waals surface area contributed by atoms with E-state index in [4.69, 9.17) is 0 Å². The standard InChI is InChI=1S/C58H42N2S3Si/c1-64(2)53-30-15-14-28-51(53)63-58-48(25-17-31-54(58)64)59(43-34-32-39(33-35-43)45-24-16-29-52-57(45)62-50-27-13-12-26-49(50)61-52)44-36-37-47-46(38-44)55(40-18-6-3-7-19-40)56(41-20-8-4-9-21-41)60(47)42-22-10-5-11-23-42/h3-38H,1-2H3. The highest BCUT2D eigenvalue weighted by atomic mass is 32.2. The molecule has 0 unspecified atom stereocenters. The number of fused-ring (bicyclic) bond motifs is 5. The second-order valence-electron chi connectivity index (χ2n) is 16.9. The minimum atomic E-state index is -2.03. The monoisotopic (exact) mass is 890 g/mol. The molecule has 0 radical (unpaired) electrons. The molecule has 3 heterocycles. The Hall–Kier alpha value is -6.41. The lowest BCUT2D eigenvalue weighted by Gasteiger charge is -2.36. The summed E-state index contributed by atoms with van der Waals surface area (Å²) >= 11 is 5.69. The Bertz CT molecular complexity index is 3380. The predicted molar refractivity (Wildman–Crippen MR) is 276 cm³/mol. The van der Waals surface area contributed by atoms with Gasteiger partial charge in [-0.2, -0.15) is 0 Å². The van der Waals surface area contributed by atoms with E-state index in [1.165, 1.54) is 89.8 Å². The minimum Gasteiger partial charge on any atom is -0.309 e. The summed E-state index contributed by atoms with van der Waals surface area (Å²) in [6.45, 7) is 5.02. The second kappa shape index (κ2) is 16.0. The fourth-order valence-electron chi connectivity index (χ4n) is 9.65. The van der Waals surface area contributed by atoms with Gasteiger partial charge < -0.3 is 9.47 Å². The Balaban J connectivity index is 1.08. The Morgan fingerprint density at radius 3 is 1.75 bits per heavy atom. The van der Waals surface area contributed by atoms with Crippen molar-refractivity contribution < 1.29 is 0 Å². The molecule has 0 bridgehead atoms. The molecule has 0 atom stereocenters. The lowest BCUT2D eigenvalue weighted by molar-refractivity contribution is 1.13. The summed E-state index contributed by atoms with van der Waals surface area (Å²) in [5.74, 6) is 0. The van der Waals surface area contributed by atoms with E-state index in [2.05, 4.69) is 241 Å². The average molecular weight is 891 g/mol. The van der Waals surface area contributed by atoms with Crippen LogP contribution >= 0.6 is 35.3 Å². The van der Waals surface area contributed by atoms with Crippen LogP contribution in [0.1, 0.15) is 0 Å². The maximum atomic E-state index is 2.52. The lowest BCUT2D eigenvalue weighted by atomic mass is 9.98. The lowest BCUT2D eigenvalue weighted by Crippen LogP contribution is -2.56. The van der Waals surface area contributed by atoms with Crippen LogP contribution in [0.15, 0.2) is 248 Å². The number of benzene rings is 9. The molecule has 12 rings (SSSR count). The molecule has 0 N–H and O–H groups in total. The molecule has 0 fully saturated rings. The van der Waals surface area contributed by atoms with Crippen LogP contribution < -0.4 is 15.3 Å². The maximum Gasteiger partial charge on any atom is 0.115 e. The zero-order valence-electron chi connectivity index (χ0n) is 35.4. The Morgan fingerprint density at radius 2 is 1.00 bits per heavy atom. The molecular weight excluding hydrogens is 849 g/mol. The minimum absolute atomic E-state index is 1.12. The summed E-state index contributed by atoms with van der Waals surface area (Å²) in [5, 5.41) is 4.19. The number of para-hydroxylation sites is 1. The molecule has 64 heavy (non-hydrogen) atoms. The van der Waals surface area contributed by atoms with Crippen molar-refractivity contribution in [1.82, 2.24) is 4.57 Å². The van der Waals surface area contributed by atoms with Gasteiger partial charge in [0.1, 0.15) is 8.07 Å². The Morgan fingerprint density at radius 1 is 0.422 bits per heavy atom. The van der Waals surface area contributed by atoms with Gasteiger partial charge in [-0.15, -0.1) is 0 Å². The van der Waals surface area contributed by atoms with Crippen molar-refractivity contribution in [3.05, 3.63) is 218 Å². The SMILES string of the molecule is C[Si]1(C)c2ccccc2Sc2c(N(c3ccc(-c4cccc5c4Sc4ccccc4S5)cc3)c3ccc4c(c3)c(-c3ccccc3)c(-c3ccccc3)n4-c3ccccc3)cccc21. The molecule has 6 heteroatoms. The van der Waals surface area contributed by atoms with Gasteiger partial charge in [-0.25, -0.2) is 0 Å². The zero-order valence-corrected chi connectivity index (χ0v) is 38.9. The fourth-order valence-corrected chi connectivity index (χ4v) is 17.6. The van der Waals surface area contributed by atoms with Gasteiger partial charge in [0.2, 0.25) is 0 Å². The molecule has 10 aromatic rings. The van der Waals surface area contributed by atoms with E-state index in [1.807, 2.05) is 35.3 Å². The Kier molecular flexibility index (Phi) is 9.79. The maximum absolute atomic E-state index is 2.52. The van der Waals surface area contributed by atoms with Crippen molar-refractivity contribution in [3.63, 3.8) is 0 Å². The summed E-state index contributed by atoms with van der Waals surface area (Å²) < 4.78 is 2.45. The summed E-state index contributed by atoms with van der Waals surface area (Å²) in [6, 6.07) is 80.7. The van der Waals surface area contributed by atoms with Crippen LogP contribution in [0.3, 0.4) is 0 Å². The van der Waals surface area contributed by atoms with Crippen molar-refractivity contribution in [3.8, 4) is 39.2 Å². The summed E-state index contributed by atoms with van der Waals surface area (Å²) in [7, 11) is -2.03. The molecule has 9 aromatic carbocycles. The summed E-state index contributed by atoms with van der Waals surface area (Å²) in [4.78, 5) is 10.5. The summed E-state index contributed by atoms with van der Waals surface area (Å²) in [6.07, 6.45) is 0. The molecule has 0 saturated heterocycles. The third-order valence-corrected chi connectivity index (χ3v) is 20.4. The predicted octanol–water partition coefficient (Wildman–Crippen LogP) is 16.0. The Labute approximate surface area is 388 Å². The normalized spacial score (nSPS) is 13.4. The molecule has 306 valence electrons. The van der Waals surface area contributed by atoms with E-state index in [9.17, 15) is 0 Å². The number of hydrogen-bond donors (Lipinski definition) is 0.